The number of aryl methyl sites for hydroxylation is 2. The van der Waals surface area contributed by atoms with Gasteiger partial charge in [0.2, 0.25) is 0 Å². The van der Waals surface area contributed by atoms with Crippen LogP contribution in [-0.2, 0) is 0 Å². The number of methoxy groups -OCH3 is 2. The third-order valence-electron chi connectivity index (χ3n) is 11.7. The summed E-state index contributed by atoms with van der Waals surface area (Å²) in [5, 5.41) is 9.10. The minimum atomic E-state index is 0.803. The molecule has 0 unspecified atom stereocenters. The summed E-state index contributed by atoms with van der Waals surface area (Å²) in [6.07, 6.45) is 8.95. The SMILES string of the molecule is COc1c2cc(C)cc1n1cc(ccc3cn(c4cc(C)cc(c4OC)n4cc(ccc5cn2c2ccccc52)c2ccccc24)c2ccccc32)c2ccccc21. The Bertz CT molecular complexity index is 3220. The van der Waals surface area contributed by atoms with E-state index in [4.69, 9.17) is 9.47 Å². The number of para-hydroxylation sites is 4. The summed E-state index contributed by atoms with van der Waals surface area (Å²) >= 11 is 0. The molecule has 5 heterocycles. The summed E-state index contributed by atoms with van der Waals surface area (Å²) in [4.78, 5) is 0. The van der Waals surface area contributed by atoms with E-state index in [9.17, 15) is 0 Å². The molecule has 5 aromatic heterocycles. The van der Waals surface area contributed by atoms with Crippen molar-refractivity contribution >= 4 is 87.2 Å². The number of aromatic nitrogens is 4. The average molecular weight is 753 g/mol. The minimum Gasteiger partial charge on any atom is -0.492 e. The average Bonchev–Trinajstić information content (AvgIpc) is 4.02. The number of ether oxygens (including phenoxy) is 2. The smallest absolute Gasteiger partial charge is 0.166 e. The van der Waals surface area contributed by atoms with Crippen LogP contribution in [0.5, 0.6) is 11.5 Å². The van der Waals surface area contributed by atoms with Crippen LogP contribution in [0.15, 0.2) is 170 Å². The molecule has 6 nitrogen and oxygen atoms in total. The number of hydrogen-bond donors (Lipinski definition) is 0. The van der Waals surface area contributed by atoms with Crippen molar-refractivity contribution < 1.29 is 9.47 Å². The van der Waals surface area contributed by atoms with Crippen LogP contribution in [0.4, 0.5) is 0 Å². The second-order valence-electron chi connectivity index (χ2n) is 15.2. The van der Waals surface area contributed by atoms with Crippen LogP contribution in [0.3, 0.4) is 0 Å². The Hall–Kier alpha value is -7.44. The lowest BCUT2D eigenvalue weighted by atomic mass is 10.1. The molecule has 0 spiro atoms. The highest BCUT2D eigenvalue weighted by Crippen LogP contribution is 2.36. The Kier molecular flexibility index (Phi) is 7.63. The first kappa shape index (κ1) is 33.9. The molecular formula is C52H40N4O2. The molecule has 6 heteroatoms. The van der Waals surface area contributed by atoms with Gasteiger partial charge in [-0.05, 0) is 73.5 Å². The Morgan fingerprint density at radius 3 is 0.793 bits per heavy atom. The molecule has 0 aliphatic carbocycles. The third-order valence-corrected chi connectivity index (χ3v) is 11.7. The molecule has 0 N–H and O–H groups in total. The van der Waals surface area contributed by atoms with Crippen molar-refractivity contribution in [3.63, 3.8) is 0 Å². The monoisotopic (exact) mass is 752 g/mol. The molecule has 0 aliphatic heterocycles. The normalized spacial score (nSPS) is 11.8. The van der Waals surface area contributed by atoms with Crippen LogP contribution < -0.4 is 9.47 Å². The van der Waals surface area contributed by atoms with Crippen molar-refractivity contribution in [2.24, 2.45) is 0 Å². The maximum absolute atomic E-state index is 6.39. The van der Waals surface area contributed by atoms with Gasteiger partial charge in [0, 0.05) is 67.9 Å². The van der Waals surface area contributed by atoms with Gasteiger partial charge < -0.3 is 27.1 Å². The molecule has 0 amide bonds. The van der Waals surface area contributed by atoms with E-state index in [1.807, 2.05) is 0 Å². The molecule has 12 bridgehead atoms. The van der Waals surface area contributed by atoms with Crippen LogP contribution in [0.25, 0.3) is 87.2 Å². The number of benzene rings is 6. The van der Waals surface area contributed by atoms with Crippen LogP contribution in [0.1, 0.15) is 11.1 Å². The fourth-order valence-electron chi connectivity index (χ4n) is 9.12. The van der Waals surface area contributed by atoms with Gasteiger partial charge in [0.1, 0.15) is 0 Å². The molecule has 0 saturated heterocycles. The highest BCUT2D eigenvalue weighted by molar-refractivity contribution is 6.04. The molecule has 11 rings (SSSR count). The number of nitrogens with zero attached hydrogens (tertiary/aromatic N) is 4. The van der Waals surface area contributed by atoms with E-state index in [-0.39, 0.29) is 0 Å². The first-order chi connectivity index (χ1) is 28.5. The number of fused-ring (bicyclic) bond motifs is 28. The van der Waals surface area contributed by atoms with E-state index in [0.717, 1.165) is 110 Å². The van der Waals surface area contributed by atoms with Gasteiger partial charge in [-0.1, -0.05) is 97.1 Å². The highest BCUT2D eigenvalue weighted by Gasteiger charge is 2.14. The van der Waals surface area contributed by atoms with Gasteiger partial charge >= 0.3 is 0 Å². The van der Waals surface area contributed by atoms with Crippen molar-refractivity contribution in [1.82, 2.24) is 17.6 Å². The zero-order valence-electron chi connectivity index (χ0n) is 32.8. The molecule has 0 aliphatic rings. The molecule has 11 aromatic rings. The summed E-state index contributed by atoms with van der Waals surface area (Å²) < 4.78 is 21.9. The van der Waals surface area contributed by atoms with E-state index in [0.29, 0.717) is 0 Å². The maximum atomic E-state index is 6.39. The Morgan fingerprint density at radius 2 is 0.552 bits per heavy atom. The predicted molar refractivity (Wildman–Crippen MR) is 242 cm³/mol. The minimum absolute atomic E-state index is 0.803. The summed E-state index contributed by atoms with van der Waals surface area (Å²) in [7, 11) is 3.55. The largest absolute Gasteiger partial charge is 0.492 e. The van der Waals surface area contributed by atoms with E-state index < -0.39 is 0 Å². The topological polar surface area (TPSA) is 36.1 Å². The van der Waals surface area contributed by atoms with Gasteiger partial charge in [-0.3, -0.25) is 0 Å². The first-order valence-electron chi connectivity index (χ1n) is 19.6. The van der Waals surface area contributed by atoms with Crippen LogP contribution in [0.2, 0.25) is 0 Å². The van der Waals surface area contributed by atoms with E-state index in [2.05, 4.69) is 202 Å². The maximum Gasteiger partial charge on any atom is 0.166 e. The third kappa shape index (κ3) is 5.11. The second kappa shape index (κ2) is 13.1. The van der Waals surface area contributed by atoms with Gasteiger partial charge in [0.25, 0.3) is 0 Å². The van der Waals surface area contributed by atoms with Crippen LogP contribution in [0, 0.1) is 13.8 Å². The number of rotatable bonds is 2. The van der Waals surface area contributed by atoms with Crippen molar-refractivity contribution in [1.29, 1.82) is 0 Å². The molecule has 0 saturated carbocycles. The fourth-order valence-corrected chi connectivity index (χ4v) is 9.12. The zero-order valence-corrected chi connectivity index (χ0v) is 32.8. The molecule has 0 fully saturated rings. The molecule has 280 valence electrons. The summed E-state index contributed by atoms with van der Waals surface area (Å²) in [6, 6.07) is 52.3. The van der Waals surface area contributed by atoms with Crippen LogP contribution >= 0.6 is 0 Å². The molecular weight excluding hydrogens is 713 g/mol. The van der Waals surface area contributed by atoms with Gasteiger partial charge in [0.15, 0.2) is 11.5 Å². The predicted octanol–water partition coefficient (Wildman–Crippen LogP) is 13.1. The van der Waals surface area contributed by atoms with Gasteiger partial charge in [-0.2, -0.15) is 0 Å². The molecule has 0 radical (unpaired) electrons. The van der Waals surface area contributed by atoms with Crippen molar-refractivity contribution in [3.05, 3.63) is 182 Å². The zero-order chi connectivity index (χ0) is 39.1. The van der Waals surface area contributed by atoms with E-state index in [1.54, 1.807) is 14.2 Å². The lowest BCUT2D eigenvalue weighted by molar-refractivity contribution is 0.421. The van der Waals surface area contributed by atoms with E-state index >= 15 is 0 Å². The van der Waals surface area contributed by atoms with Crippen molar-refractivity contribution in [2.75, 3.05) is 14.2 Å². The summed E-state index contributed by atoms with van der Waals surface area (Å²) in [6.45, 7) is 4.32. The molecule has 0 atom stereocenters. The van der Waals surface area contributed by atoms with Crippen molar-refractivity contribution in [2.45, 2.75) is 13.8 Å². The lowest BCUT2D eigenvalue weighted by Gasteiger charge is -2.10. The second-order valence-corrected chi connectivity index (χ2v) is 15.2. The van der Waals surface area contributed by atoms with E-state index in [1.165, 1.54) is 0 Å². The standard InChI is InChI=1S/C52H40N4O2/c1-33-25-47-51(57-3)48(26-33)54-30-36(40-14-6-10-18-44(40)54)22-24-38-32-56(46-20-12-8-16-42(38)46)50-28-34(2)27-49(52(50)58-4)55-31-37(41-15-7-11-19-45(41)55)23-21-35-29-53(47)43-17-9-5-13-39(35)43/h5-32H,1-4H3. The fraction of sp³-hybridized carbons (Fsp3) is 0.0769. The number of hydrogen-bond acceptors (Lipinski definition) is 2. The molecule has 6 aromatic carbocycles. The summed E-state index contributed by atoms with van der Waals surface area (Å²) in [5.41, 5.74) is 10.6. The quantitative estimate of drug-likeness (QED) is 0.176. The molecule has 58 heavy (non-hydrogen) atoms. The Labute approximate surface area is 334 Å². The lowest BCUT2D eigenvalue weighted by Crippen LogP contribution is -1.95. The van der Waals surface area contributed by atoms with Crippen LogP contribution in [-0.4, -0.2) is 31.8 Å². The Morgan fingerprint density at radius 1 is 0.310 bits per heavy atom. The van der Waals surface area contributed by atoms with Gasteiger partial charge in [-0.15, -0.1) is 0 Å². The highest BCUT2D eigenvalue weighted by atomic mass is 16.5. The first-order valence-corrected chi connectivity index (χ1v) is 19.6. The van der Waals surface area contributed by atoms with Crippen molar-refractivity contribution in [3.8, 4) is 11.5 Å². The van der Waals surface area contributed by atoms with Gasteiger partial charge in [0.05, 0.1) is 58.4 Å². The summed E-state index contributed by atoms with van der Waals surface area (Å²) in [5.74, 6) is 1.61. The van der Waals surface area contributed by atoms with Gasteiger partial charge in [-0.25, -0.2) is 0 Å². The Balaban J connectivity index is 1.40.